The Morgan fingerprint density at radius 1 is 0.816 bits per heavy atom. The molecule has 3 aromatic rings. The smallest absolute Gasteiger partial charge is 0.408 e. The summed E-state index contributed by atoms with van der Waals surface area (Å²) in [6.07, 6.45) is -2.41. The van der Waals surface area contributed by atoms with Crippen LogP contribution in [-0.2, 0) is 24.4 Å². The highest BCUT2D eigenvalue weighted by Gasteiger charge is 2.57. The van der Waals surface area contributed by atoms with Gasteiger partial charge in [0.15, 0.2) is 0 Å². The zero-order chi connectivity index (χ0) is 28.2. The van der Waals surface area contributed by atoms with Crippen LogP contribution in [0.1, 0.15) is 45.2 Å². The Morgan fingerprint density at radius 3 is 1.68 bits per heavy atom. The van der Waals surface area contributed by atoms with Gasteiger partial charge in [0.25, 0.3) is 0 Å². The molecule has 0 aliphatic heterocycles. The fraction of sp³-hybridized carbons (Fsp3) is 0.296. The molecule has 0 spiro atoms. The van der Waals surface area contributed by atoms with Crippen molar-refractivity contribution in [3.8, 4) is 0 Å². The minimum Gasteiger partial charge on any atom is -0.444 e. The third-order valence-corrected chi connectivity index (χ3v) is 10.7. The molecule has 0 radical (unpaired) electrons. The summed E-state index contributed by atoms with van der Waals surface area (Å²) in [5, 5.41) is 2.52. The molecule has 0 saturated carbocycles. The topological polar surface area (TPSA) is 107 Å². The second-order valence-electron chi connectivity index (χ2n) is 9.58. The Hall–Kier alpha value is -3.31. The molecule has 1 unspecified atom stereocenters. The maximum absolute atomic E-state index is 16.9. The first-order chi connectivity index (χ1) is 17.7. The van der Waals surface area contributed by atoms with Crippen LogP contribution in [0.25, 0.3) is 0 Å². The molecule has 38 heavy (non-hydrogen) atoms. The van der Waals surface area contributed by atoms with E-state index in [4.69, 9.17) is 4.74 Å². The highest BCUT2D eigenvalue weighted by atomic mass is 32.3. The Labute approximate surface area is 221 Å². The molecule has 3 rings (SSSR count). The molecule has 0 bridgehead atoms. The first-order valence-corrected chi connectivity index (χ1v) is 14.7. The summed E-state index contributed by atoms with van der Waals surface area (Å²) < 4.78 is 86.2. The van der Waals surface area contributed by atoms with E-state index >= 15 is 4.39 Å². The van der Waals surface area contributed by atoms with Gasteiger partial charge in [-0.3, -0.25) is 0 Å². The molecule has 7 nitrogen and oxygen atoms in total. The molecule has 1 N–H and O–H groups in total. The minimum absolute atomic E-state index is 0.300. The van der Waals surface area contributed by atoms with Crippen LogP contribution in [0.2, 0.25) is 0 Å². The van der Waals surface area contributed by atoms with Crippen molar-refractivity contribution in [3.05, 3.63) is 96.3 Å². The molecule has 11 heteroatoms. The molecule has 1 amide bonds. The van der Waals surface area contributed by atoms with E-state index in [1.165, 1.54) is 48.5 Å². The SMILES string of the molecule is CC(C)(C)OC(=O)NC(CCC(F)(S(=O)(=O)c1ccccc1)S(=O)(=O)c1ccccc1)c1ccc(F)cc1. The van der Waals surface area contributed by atoms with Gasteiger partial charge in [-0.2, -0.15) is 0 Å². The summed E-state index contributed by atoms with van der Waals surface area (Å²) in [7, 11) is -10.2. The Morgan fingerprint density at radius 2 is 1.26 bits per heavy atom. The van der Waals surface area contributed by atoms with Crippen LogP contribution in [0.15, 0.2) is 94.7 Å². The lowest BCUT2D eigenvalue weighted by Gasteiger charge is -2.28. The number of carbonyl (C=O) groups is 1. The van der Waals surface area contributed by atoms with Gasteiger partial charge >= 0.3 is 10.4 Å². The molecule has 3 aromatic carbocycles. The van der Waals surface area contributed by atoms with Gasteiger partial charge in [0.1, 0.15) is 11.4 Å². The Bertz CT molecular complexity index is 1390. The van der Waals surface area contributed by atoms with Gasteiger partial charge in [-0.1, -0.05) is 48.5 Å². The van der Waals surface area contributed by atoms with E-state index in [9.17, 15) is 26.0 Å². The zero-order valence-corrected chi connectivity index (χ0v) is 22.7. The van der Waals surface area contributed by atoms with E-state index in [-0.39, 0.29) is 0 Å². The van der Waals surface area contributed by atoms with E-state index < -0.39 is 70.2 Å². The molecular weight excluding hydrogens is 536 g/mol. The largest absolute Gasteiger partial charge is 0.444 e. The number of ether oxygens (including phenoxy) is 1. The highest BCUT2D eigenvalue weighted by Crippen LogP contribution is 2.42. The van der Waals surface area contributed by atoms with Crippen molar-refractivity contribution in [1.82, 2.24) is 5.32 Å². The molecule has 204 valence electrons. The van der Waals surface area contributed by atoms with E-state index in [0.717, 1.165) is 36.4 Å². The van der Waals surface area contributed by atoms with E-state index in [1.807, 2.05) is 0 Å². The lowest BCUT2D eigenvalue weighted by Crippen LogP contribution is -2.43. The number of hydrogen-bond donors (Lipinski definition) is 1. The Kier molecular flexibility index (Phi) is 8.62. The van der Waals surface area contributed by atoms with Gasteiger partial charge in [0, 0.05) is 6.42 Å². The minimum atomic E-state index is -5.11. The van der Waals surface area contributed by atoms with Gasteiger partial charge in [0.2, 0.25) is 19.7 Å². The van der Waals surface area contributed by atoms with Gasteiger partial charge in [-0.25, -0.2) is 30.4 Å². The number of hydrogen-bond acceptors (Lipinski definition) is 6. The van der Waals surface area contributed by atoms with E-state index in [1.54, 1.807) is 20.8 Å². The zero-order valence-electron chi connectivity index (χ0n) is 21.1. The van der Waals surface area contributed by atoms with Crippen LogP contribution in [0.3, 0.4) is 0 Å². The molecule has 0 saturated heterocycles. The number of halogens is 2. The Balaban J connectivity index is 2.07. The van der Waals surface area contributed by atoms with Crippen molar-refractivity contribution in [3.63, 3.8) is 0 Å². The second-order valence-corrected chi connectivity index (χ2v) is 14.1. The average Bonchev–Trinajstić information content (AvgIpc) is 2.86. The summed E-state index contributed by atoms with van der Waals surface area (Å²) in [6.45, 7) is 4.89. The van der Waals surface area contributed by atoms with E-state index in [0.29, 0.717) is 5.56 Å². The first-order valence-electron chi connectivity index (χ1n) is 11.7. The van der Waals surface area contributed by atoms with Crippen molar-refractivity contribution < 1.29 is 35.1 Å². The molecule has 1 atom stereocenters. The second kappa shape index (κ2) is 11.2. The van der Waals surface area contributed by atoms with Crippen LogP contribution < -0.4 is 5.32 Å². The number of rotatable bonds is 9. The van der Waals surface area contributed by atoms with Gasteiger partial charge in [-0.15, -0.1) is 0 Å². The van der Waals surface area contributed by atoms with Gasteiger partial charge < -0.3 is 10.1 Å². The maximum Gasteiger partial charge on any atom is 0.408 e. The van der Waals surface area contributed by atoms with Crippen LogP contribution >= 0.6 is 0 Å². The van der Waals surface area contributed by atoms with Crippen molar-refractivity contribution >= 4 is 25.8 Å². The molecule has 0 aliphatic carbocycles. The number of benzene rings is 3. The number of sulfone groups is 2. The number of carbonyl (C=O) groups excluding carboxylic acids is 1. The predicted molar refractivity (Wildman–Crippen MR) is 139 cm³/mol. The summed E-state index contributed by atoms with van der Waals surface area (Å²) in [5.41, 5.74) is -0.581. The average molecular weight is 566 g/mol. The molecule has 0 aromatic heterocycles. The van der Waals surface area contributed by atoms with Crippen molar-refractivity contribution in [1.29, 1.82) is 0 Å². The molecule has 0 fully saturated rings. The summed E-state index contributed by atoms with van der Waals surface area (Å²) >= 11 is 0. The van der Waals surface area contributed by atoms with Crippen LogP contribution in [0.4, 0.5) is 13.6 Å². The van der Waals surface area contributed by atoms with Crippen molar-refractivity contribution in [2.75, 3.05) is 0 Å². The predicted octanol–water partition coefficient (Wildman–Crippen LogP) is 5.74. The number of alkyl halides is 1. The summed E-state index contributed by atoms with van der Waals surface area (Å²) in [6, 6.07) is 16.7. The van der Waals surface area contributed by atoms with Crippen LogP contribution in [0.5, 0.6) is 0 Å². The maximum atomic E-state index is 16.9. The first kappa shape index (κ1) is 29.2. The van der Waals surface area contributed by atoms with Gasteiger partial charge in [0.05, 0.1) is 15.8 Å². The standard InChI is InChI=1S/C27H29F2NO6S2/c1-26(2,3)36-25(31)30-24(20-14-16-21(28)17-15-20)18-19-27(29,37(32,33)22-10-6-4-7-11-22)38(34,35)23-12-8-5-9-13-23/h4-17,24H,18-19H2,1-3H3,(H,30,31). The quantitative estimate of drug-likeness (QED) is 0.355. The van der Waals surface area contributed by atoms with E-state index in [2.05, 4.69) is 5.32 Å². The number of amides is 1. The molecule has 0 heterocycles. The normalized spacial score (nSPS) is 13.5. The highest BCUT2D eigenvalue weighted by molar-refractivity contribution is 8.10. The molecular formula is C27H29F2NO6S2. The van der Waals surface area contributed by atoms with Crippen LogP contribution in [-0.4, -0.2) is 32.9 Å². The van der Waals surface area contributed by atoms with Crippen LogP contribution in [0, 0.1) is 5.82 Å². The fourth-order valence-electron chi connectivity index (χ4n) is 3.75. The lowest BCUT2D eigenvalue weighted by molar-refractivity contribution is 0.0499. The van der Waals surface area contributed by atoms with Gasteiger partial charge in [-0.05, 0) is 69.2 Å². The van der Waals surface area contributed by atoms with Crippen molar-refractivity contribution in [2.45, 2.75) is 59.4 Å². The lowest BCUT2D eigenvalue weighted by atomic mass is 10.0. The number of nitrogens with one attached hydrogen (secondary N) is 1. The number of alkyl carbamates (subject to hydrolysis) is 1. The summed E-state index contributed by atoms with van der Waals surface area (Å²) in [4.78, 5) is 11.5. The third kappa shape index (κ3) is 6.39. The van der Waals surface area contributed by atoms with Crippen molar-refractivity contribution in [2.24, 2.45) is 0 Å². The third-order valence-electron chi connectivity index (χ3n) is 5.60. The fourth-order valence-corrected chi connectivity index (χ4v) is 7.99. The molecule has 0 aliphatic rings. The summed E-state index contributed by atoms with van der Waals surface area (Å²) in [5.74, 6) is -0.567. The monoisotopic (exact) mass is 565 g/mol.